The van der Waals surface area contributed by atoms with E-state index in [0.717, 1.165) is 18.4 Å². The number of hydrogen-bond acceptors (Lipinski definition) is 5. The Hall–Kier alpha value is -2.08. The molecule has 4 atom stereocenters. The molecule has 0 aromatic heterocycles. The molecule has 0 unspecified atom stereocenters. The second-order valence-electron chi connectivity index (χ2n) is 7.80. The van der Waals surface area contributed by atoms with Crippen molar-refractivity contribution in [2.45, 2.75) is 45.3 Å². The van der Waals surface area contributed by atoms with Crippen LogP contribution in [0.25, 0.3) is 0 Å². The van der Waals surface area contributed by atoms with Crippen molar-refractivity contribution in [1.29, 1.82) is 0 Å². The maximum Gasteiger partial charge on any atom is 0.238 e. The largest absolute Gasteiger partial charge is 0.493 e. The van der Waals surface area contributed by atoms with Crippen LogP contribution in [0.15, 0.2) is 18.2 Å². The van der Waals surface area contributed by atoms with Crippen molar-refractivity contribution >= 4 is 11.8 Å². The van der Waals surface area contributed by atoms with Gasteiger partial charge in [-0.05, 0) is 50.8 Å². The highest BCUT2D eigenvalue weighted by Crippen LogP contribution is 2.64. The first-order valence-corrected chi connectivity index (χ1v) is 9.10. The van der Waals surface area contributed by atoms with E-state index in [0.29, 0.717) is 24.5 Å². The van der Waals surface area contributed by atoms with Crippen LogP contribution in [0.3, 0.4) is 0 Å². The number of ether oxygens (including phenoxy) is 3. The number of fused-ring (bicyclic) bond motifs is 5. The summed E-state index contributed by atoms with van der Waals surface area (Å²) < 4.78 is 16.5. The van der Waals surface area contributed by atoms with Crippen molar-refractivity contribution < 1.29 is 23.8 Å². The van der Waals surface area contributed by atoms with Crippen molar-refractivity contribution in [1.82, 2.24) is 4.90 Å². The Labute approximate surface area is 153 Å². The molecule has 6 nitrogen and oxygen atoms in total. The molecule has 6 heteroatoms. The smallest absolute Gasteiger partial charge is 0.238 e. The summed E-state index contributed by atoms with van der Waals surface area (Å²) >= 11 is 0. The molecule has 2 amide bonds. The minimum absolute atomic E-state index is 0.0855. The van der Waals surface area contributed by atoms with Gasteiger partial charge < -0.3 is 14.2 Å². The van der Waals surface area contributed by atoms with E-state index in [1.165, 1.54) is 4.90 Å². The molecule has 3 fully saturated rings. The van der Waals surface area contributed by atoms with Crippen LogP contribution in [0.2, 0.25) is 0 Å². The summed E-state index contributed by atoms with van der Waals surface area (Å²) in [6, 6.07) is 5.66. The predicted molar refractivity (Wildman–Crippen MR) is 94.1 cm³/mol. The van der Waals surface area contributed by atoms with Crippen LogP contribution >= 0.6 is 0 Å². The fourth-order valence-electron chi connectivity index (χ4n) is 5.01. The number of carbonyl (C=O) groups is 2. The van der Waals surface area contributed by atoms with Gasteiger partial charge in [-0.15, -0.1) is 0 Å². The molecule has 2 bridgehead atoms. The molecule has 0 spiro atoms. The van der Waals surface area contributed by atoms with Crippen molar-refractivity contribution in [2.24, 2.45) is 10.8 Å². The highest BCUT2D eigenvalue weighted by molar-refractivity contribution is 6.10. The summed E-state index contributed by atoms with van der Waals surface area (Å²) in [4.78, 5) is 27.7. The van der Waals surface area contributed by atoms with Crippen LogP contribution in [0.4, 0.5) is 0 Å². The molecule has 3 aliphatic heterocycles. The van der Waals surface area contributed by atoms with Gasteiger partial charge in [0.2, 0.25) is 11.8 Å². The monoisotopic (exact) mass is 359 g/mol. The lowest BCUT2D eigenvalue weighted by Gasteiger charge is -2.36. The predicted octanol–water partition coefficient (Wildman–Crippen LogP) is 2.19. The zero-order valence-corrected chi connectivity index (χ0v) is 15.7. The van der Waals surface area contributed by atoms with Gasteiger partial charge in [-0.25, -0.2) is 0 Å². The summed E-state index contributed by atoms with van der Waals surface area (Å²) in [5, 5.41) is 0. The average Bonchev–Trinajstić information content (AvgIpc) is 3.27. The second-order valence-corrected chi connectivity index (χ2v) is 7.80. The molecule has 0 aliphatic carbocycles. The fraction of sp³-hybridized carbons (Fsp3) is 0.600. The molecule has 3 aliphatic rings. The third-order valence-corrected chi connectivity index (χ3v) is 6.84. The Morgan fingerprint density at radius 1 is 1.04 bits per heavy atom. The van der Waals surface area contributed by atoms with E-state index in [4.69, 9.17) is 14.2 Å². The molecule has 0 saturated carbocycles. The van der Waals surface area contributed by atoms with Crippen LogP contribution in [0, 0.1) is 10.8 Å². The van der Waals surface area contributed by atoms with Gasteiger partial charge in [0.1, 0.15) is 0 Å². The van der Waals surface area contributed by atoms with Crippen molar-refractivity contribution in [3.63, 3.8) is 0 Å². The average molecular weight is 359 g/mol. The first-order chi connectivity index (χ1) is 12.4. The lowest BCUT2D eigenvalue weighted by molar-refractivity contribution is -0.145. The minimum atomic E-state index is -0.732. The molecule has 26 heavy (non-hydrogen) atoms. The van der Waals surface area contributed by atoms with E-state index in [-0.39, 0.29) is 24.0 Å². The fourth-order valence-corrected chi connectivity index (χ4v) is 5.01. The van der Waals surface area contributed by atoms with E-state index in [2.05, 4.69) is 0 Å². The standard InChI is InChI=1S/C20H25NO5/c1-19-15-7-8-16(26-15)20(19,2)18(23)21(17(19)22)10-9-12-5-6-13(24-3)14(11-12)25-4/h5-6,11,15-16H,7-10H2,1-4H3/t15-,16+,19+,20-. The van der Waals surface area contributed by atoms with Gasteiger partial charge in [0.05, 0.1) is 37.3 Å². The SMILES string of the molecule is COc1ccc(CCN2C(=O)[C@@]3(C)[C@@H]4CC[C@@H](O4)[C@@]3(C)C2=O)cc1OC. The molecule has 4 rings (SSSR count). The van der Waals surface area contributed by atoms with Gasteiger partial charge in [-0.2, -0.15) is 0 Å². The molecule has 1 aromatic rings. The van der Waals surface area contributed by atoms with Gasteiger partial charge in [-0.1, -0.05) is 6.07 Å². The van der Waals surface area contributed by atoms with Crippen LogP contribution in [0.1, 0.15) is 32.3 Å². The van der Waals surface area contributed by atoms with Crippen molar-refractivity contribution in [2.75, 3.05) is 20.8 Å². The molecule has 0 N–H and O–H groups in total. The van der Waals surface area contributed by atoms with Gasteiger partial charge in [0.25, 0.3) is 0 Å². The van der Waals surface area contributed by atoms with E-state index in [1.54, 1.807) is 14.2 Å². The number of carbonyl (C=O) groups excluding carboxylic acids is 2. The number of rotatable bonds is 5. The van der Waals surface area contributed by atoms with Crippen LogP contribution in [0.5, 0.6) is 11.5 Å². The van der Waals surface area contributed by atoms with Gasteiger partial charge in [-0.3, -0.25) is 14.5 Å². The molecular formula is C20H25NO5. The highest BCUT2D eigenvalue weighted by Gasteiger charge is 2.76. The van der Waals surface area contributed by atoms with E-state index < -0.39 is 10.8 Å². The summed E-state index contributed by atoms with van der Waals surface area (Å²) in [5.41, 5.74) is -0.468. The molecule has 3 heterocycles. The summed E-state index contributed by atoms with van der Waals surface area (Å²) in [7, 11) is 3.18. The van der Waals surface area contributed by atoms with E-state index in [1.807, 2.05) is 32.0 Å². The molecule has 1 aromatic carbocycles. The molecular weight excluding hydrogens is 334 g/mol. The number of nitrogens with zero attached hydrogens (tertiary/aromatic N) is 1. The normalized spacial score (nSPS) is 35.2. The Balaban J connectivity index is 1.55. The van der Waals surface area contributed by atoms with Crippen molar-refractivity contribution in [3.05, 3.63) is 23.8 Å². The zero-order valence-electron chi connectivity index (χ0n) is 15.7. The molecule has 140 valence electrons. The number of amides is 2. The lowest BCUT2D eigenvalue weighted by Crippen LogP contribution is -2.48. The summed E-state index contributed by atoms with van der Waals surface area (Å²) in [6.45, 7) is 4.19. The number of imide groups is 1. The Bertz CT molecular complexity index is 743. The maximum absolute atomic E-state index is 13.1. The first kappa shape index (κ1) is 17.3. The quantitative estimate of drug-likeness (QED) is 0.754. The summed E-state index contributed by atoms with van der Waals surface area (Å²) in [6.07, 6.45) is 2.03. The van der Waals surface area contributed by atoms with E-state index >= 15 is 0 Å². The third kappa shape index (κ3) is 1.96. The summed E-state index contributed by atoms with van der Waals surface area (Å²) in [5.74, 6) is 1.13. The Kier molecular flexibility index (Phi) is 3.81. The Morgan fingerprint density at radius 2 is 1.62 bits per heavy atom. The minimum Gasteiger partial charge on any atom is -0.493 e. The van der Waals surface area contributed by atoms with Gasteiger partial charge in [0.15, 0.2) is 11.5 Å². The third-order valence-electron chi connectivity index (χ3n) is 6.84. The lowest BCUT2D eigenvalue weighted by atomic mass is 9.59. The van der Waals surface area contributed by atoms with Crippen molar-refractivity contribution in [3.8, 4) is 11.5 Å². The maximum atomic E-state index is 13.1. The number of methoxy groups -OCH3 is 2. The van der Waals surface area contributed by atoms with Gasteiger partial charge >= 0.3 is 0 Å². The molecule has 3 saturated heterocycles. The zero-order chi connectivity index (χ0) is 18.7. The molecule has 0 radical (unpaired) electrons. The number of benzene rings is 1. The number of hydrogen-bond donors (Lipinski definition) is 0. The van der Waals surface area contributed by atoms with Crippen LogP contribution < -0.4 is 9.47 Å². The van der Waals surface area contributed by atoms with Crippen LogP contribution in [-0.2, 0) is 20.7 Å². The highest BCUT2D eigenvalue weighted by atomic mass is 16.5. The van der Waals surface area contributed by atoms with Crippen LogP contribution in [-0.4, -0.2) is 49.7 Å². The topological polar surface area (TPSA) is 65.1 Å². The van der Waals surface area contributed by atoms with E-state index in [9.17, 15) is 9.59 Å². The first-order valence-electron chi connectivity index (χ1n) is 9.10. The number of likely N-dealkylation sites (tertiary alicyclic amines) is 1. The second kappa shape index (κ2) is 5.71. The Morgan fingerprint density at radius 3 is 2.15 bits per heavy atom. The van der Waals surface area contributed by atoms with Gasteiger partial charge in [0, 0.05) is 6.54 Å².